The van der Waals surface area contributed by atoms with E-state index in [-0.39, 0.29) is 11.9 Å². The molecule has 3 aromatic rings. The molecule has 142 valence electrons. The van der Waals surface area contributed by atoms with Gasteiger partial charge in [-0.15, -0.1) is 0 Å². The minimum atomic E-state index is -0.550. The second kappa shape index (κ2) is 7.31. The number of aromatic nitrogens is 1. The van der Waals surface area contributed by atoms with Gasteiger partial charge in [0.1, 0.15) is 0 Å². The number of ketones is 1. The lowest BCUT2D eigenvalue weighted by molar-refractivity contribution is -0.130. The Morgan fingerprint density at radius 3 is 2.39 bits per heavy atom. The fourth-order valence-corrected chi connectivity index (χ4v) is 3.65. The van der Waals surface area contributed by atoms with Crippen LogP contribution in [0.1, 0.15) is 27.8 Å². The molecule has 28 heavy (non-hydrogen) atoms. The quantitative estimate of drug-likeness (QED) is 0.565. The molecular weight excluding hydrogens is 354 g/mol. The third-order valence-electron chi connectivity index (χ3n) is 5.17. The van der Waals surface area contributed by atoms with E-state index >= 15 is 0 Å². The third kappa shape index (κ3) is 3.29. The summed E-state index contributed by atoms with van der Waals surface area (Å²) >= 11 is 0. The fourth-order valence-electron chi connectivity index (χ4n) is 3.65. The molecule has 0 aliphatic carbocycles. The molecule has 1 aliphatic rings. The number of piperazine rings is 1. The summed E-state index contributed by atoms with van der Waals surface area (Å²) in [6.45, 7) is 3.01. The summed E-state index contributed by atoms with van der Waals surface area (Å²) in [5.41, 5.74) is 1.75. The first kappa shape index (κ1) is 18.0. The van der Waals surface area contributed by atoms with Gasteiger partial charge in [0.05, 0.1) is 5.69 Å². The number of hydrogen-bond acceptors (Lipinski definition) is 3. The number of carbonyl (C=O) groups excluding carboxylic acids is 3. The summed E-state index contributed by atoms with van der Waals surface area (Å²) in [6, 6.07) is 18.1. The highest BCUT2D eigenvalue weighted by atomic mass is 16.2. The Morgan fingerprint density at radius 2 is 1.68 bits per heavy atom. The molecule has 4 rings (SSSR count). The van der Waals surface area contributed by atoms with Gasteiger partial charge in [-0.05, 0) is 31.2 Å². The molecule has 1 atom stereocenters. The largest absolute Gasteiger partial charge is 0.352 e. The first-order valence-corrected chi connectivity index (χ1v) is 9.32. The number of para-hydroxylation sites is 1. The zero-order valence-electron chi connectivity index (χ0n) is 15.6. The van der Waals surface area contributed by atoms with Crippen LogP contribution in [0.2, 0.25) is 0 Å². The number of Topliss-reactive ketones (excluding diaryl/α,β-unsaturated/α-hetero) is 1. The highest BCUT2D eigenvalue weighted by Gasteiger charge is 2.33. The van der Waals surface area contributed by atoms with Crippen LogP contribution in [0.3, 0.4) is 0 Å². The van der Waals surface area contributed by atoms with Crippen LogP contribution < -0.4 is 0 Å². The number of amides is 2. The van der Waals surface area contributed by atoms with Crippen molar-refractivity contribution in [2.75, 3.05) is 19.6 Å². The lowest BCUT2D eigenvalue weighted by Gasteiger charge is -2.39. The number of hydrogen-bond donors (Lipinski definition) is 1. The van der Waals surface area contributed by atoms with Crippen LogP contribution in [-0.4, -0.2) is 58.1 Å². The van der Waals surface area contributed by atoms with Crippen molar-refractivity contribution in [1.29, 1.82) is 0 Å². The molecule has 6 nitrogen and oxygen atoms in total. The van der Waals surface area contributed by atoms with E-state index in [0.717, 1.165) is 10.9 Å². The predicted molar refractivity (Wildman–Crippen MR) is 106 cm³/mol. The summed E-state index contributed by atoms with van der Waals surface area (Å²) in [6.07, 6.45) is 0. The number of nitrogens with one attached hydrogen (secondary N) is 1. The molecule has 1 unspecified atom stereocenters. The van der Waals surface area contributed by atoms with Crippen LogP contribution in [0.15, 0.2) is 60.7 Å². The number of H-pyrrole nitrogens is 1. The fraction of sp³-hybridized carbons (Fsp3) is 0.227. The molecule has 1 fully saturated rings. The Balaban J connectivity index is 1.46. The maximum atomic E-state index is 12.8. The Labute approximate surface area is 162 Å². The Morgan fingerprint density at radius 1 is 0.964 bits per heavy atom. The van der Waals surface area contributed by atoms with Crippen molar-refractivity contribution >= 4 is 28.5 Å². The van der Waals surface area contributed by atoms with Crippen LogP contribution in [0.5, 0.6) is 0 Å². The average molecular weight is 375 g/mol. The maximum Gasteiger partial charge on any atom is 0.296 e. The van der Waals surface area contributed by atoms with Crippen molar-refractivity contribution in [1.82, 2.24) is 14.8 Å². The van der Waals surface area contributed by atoms with E-state index < -0.39 is 11.7 Å². The number of aromatic amines is 1. The molecule has 0 saturated carbocycles. The summed E-state index contributed by atoms with van der Waals surface area (Å²) in [4.78, 5) is 44.4. The van der Waals surface area contributed by atoms with Crippen LogP contribution >= 0.6 is 0 Å². The Hall–Kier alpha value is -3.41. The van der Waals surface area contributed by atoms with Crippen LogP contribution in [0.4, 0.5) is 0 Å². The van der Waals surface area contributed by atoms with Gasteiger partial charge in [-0.2, -0.15) is 0 Å². The van der Waals surface area contributed by atoms with E-state index in [1.54, 1.807) is 28.0 Å². The molecule has 6 heteroatoms. The van der Waals surface area contributed by atoms with Gasteiger partial charge in [0, 0.05) is 42.1 Å². The molecule has 2 heterocycles. The topological polar surface area (TPSA) is 73.5 Å². The van der Waals surface area contributed by atoms with E-state index in [2.05, 4.69) is 4.98 Å². The van der Waals surface area contributed by atoms with E-state index in [9.17, 15) is 14.4 Å². The Bertz CT molecular complexity index is 1010. The first-order chi connectivity index (χ1) is 13.5. The molecule has 1 aromatic heterocycles. The summed E-state index contributed by atoms with van der Waals surface area (Å²) in [7, 11) is 0. The van der Waals surface area contributed by atoms with Gasteiger partial charge in [0.2, 0.25) is 0 Å². The number of nitrogens with zero attached hydrogens (tertiary/aromatic N) is 2. The maximum absolute atomic E-state index is 12.8. The molecule has 0 bridgehead atoms. The van der Waals surface area contributed by atoms with Gasteiger partial charge >= 0.3 is 0 Å². The summed E-state index contributed by atoms with van der Waals surface area (Å²) < 4.78 is 0. The van der Waals surface area contributed by atoms with Crippen LogP contribution in [0, 0.1) is 0 Å². The zero-order chi connectivity index (χ0) is 19.7. The molecule has 1 saturated heterocycles. The summed E-state index contributed by atoms with van der Waals surface area (Å²) in [5.74, 6) is -1.14. The molecule has 0 radical (unpaired) electrons. The van der Waals surface area contributed by atoms with Crippen molar-refractivity contribution in [2.45, 2.75) is 13.0 Å². The molecule has 0 spiro atoms. The van der Waals surface area contributed by atoms with Gasteiger partial charge in [-0.25, -0.2) is 0 Å². The van der Waals surface area contributed by atoms with E-state index in [1.165, 1.54) is 0 Å². The van der Waals surface area contributed by atoms with Crippen molar-refractivity contribution in [3.63, 3.8) is 0 Å². The van der Waals surface area contributed by atoms with Crippen LogP contribution in [-0.2, 0) is 4.79 Å². The molecule has 1 aliphatic heterocycles. The van der Waals surface area contributed by atoms with Crippen molar-refractivity contribution < 1.29 is 14.4 Å². The molecule has 1 N–H and O–H groups in total. The van der Waals surface area contributed by atoms with Crippen molar-refractivity contribution in [3.8, 4) is 0 Å². The molecular formula is C22H21N3O3. The first-order valence-electron chi connectivity index (χ1n) is 9.32. The average Bonchev–Trinajstić information content (AvgIpc) is 3.17. The third-order valence-corrected chi connectivity index (χ3v) is 5.17. The van der Waals surface area contributed by atoms with E-state index in [1.807, 2.05) is 49.4 Å². The number of rotatable bonds is 3. The zero-order valence-corrected chi connectivity index (χ0v) is 15.6. The van der Waals surface area contributed by atoms with E-state index in [4.69, 9.17) is 0 Å². The van der Waals surface area contributed by atoms with Gasteiger partial charge in [0.15, 0.2) is 0 Å². The number of benzene rings is 2. The molecule has 2 aromatic carbocycles. The SMILES string of the molecule is CC1CN(C(=O)c2ccccc2)CCN1C(=O)C(=O)c1cc2ccccc2[nH]1. The highest BCUT2D eigenvalue weighted by Crippen LogP contribution is 2.18. The van der Waals surface area contributed by atoms with Gasteiger partial charge in [0.25, 0.3) is 17.6 Å². The van der Waals surface area contributed by atoms with Crippen molar-refractivity contribution in [2.24, 2.45) is 0 Å². The minimum Gasteiger partial charge on any atom is -0.352 e. The molecule has 2 amide bonds. The summed E-state index contributed by atoms with van der Waals surface area (Å²) in [5, 5.41) is 0.893. The lowest BCUT2D eigenvalue weighted by Crippen LogP contribution is -2.56. The van der Waals surface area contributed by atoms with Crippen molar-refractivity contribution in [3.05, 3.63) is 71.9 Å². The second-order valence-electron chi connectivity index (χ2n) is 7.06. The second-order valence-corrected chi connectivity index (χ2v) is 7.06. The van der Waals surface area contributed by atoms with Crippen LogP contribution in [0.25, 0.3) is 10.9 Å². The lowest BCUT2D eigenvalue weighted by atomic mass is 10.1. The number of fused-ring (bicyclic) bond motifs is 1. The highest BCUT2D eigenvalue weighted by molar-refractivity contribution is 6.42. The van der Waals surface area contributed by atoms with Gasteiger partial charge in [-0.1, -0.05) is 36.4 Å². The standard InChI is InChI=1S/C22H21N3O3/c1-15-14-24(21(27)16-7-3-2-4-8-16)11-12-25(15)22(28)20(26)19-13-17-9-5-6-10-18(17)23-19/h2-10,13,15,23H,11-12,14H2,1H3. The van der Waals surface area contributed by atoms with Gasteiger partial charge in [-0.3, -0.25) is 14.4 Å². The monoisotopic (exact) mass is 375 g/mol. The Kier molecular flexibility index (Phi) is 4.69. The van der Waals surface area contributed by atoms with Gasteiger partial charge < -0.3 is 14.8 Å². The van der Waals surface area contributed by atoms with E-state index in [0.29, 0.717) is 30.9 Å². The smallest absolute Gasteiger partial charge is 0.296 e. The predicted octanol–water partition coefficient (Wildman–Crippen LogP) is 2.72. The normalized spacial score (nSPS) is 17.0. The number of carbonyl (C=O) groups is 3. The minimum absolute atomic E-state index is 0.0542.